The Hall–Kier alpha value is -3.35. The standard InChI is InChI=1S/C23H24N2O5/c1-15(2)24-21(27)17-9-5-6-10-18(17)25-20(26)12-13-23(24,25)22(28)30-14-16-8-4-7-11-19(16)29-3/h4-11,15H,12-14H2,1-3H3/t23-/m0/s1. The zero-order chi connectivity index (χ0) is 21.5. The summed E-state index contributed by atoms with van der Waals surface area (Å²) in [6, 6.07) is 13.8. The van der Waals surface area contributed by atoms with Gasteiger partial charge in [0.1, 0.15) is 12.4 Å². The number of methoxy groups -OCH3 is 1. The lowest BCUT2D eigenvalue weighted by molar-refractivity contribution is -0.159. The lowest BCUT2D eigenvalue weighted by Crippen LogP contribution is -2.70. The molecule has 2 aromatic rings. The second-order valence-electron chi connectivity index (χ2n) is 7.72. The molecule has 2 aliphatic rings. The number of ether oxygens (including phenoxy) is 2. The highest BCUT2D eigenvalue weighted by molar-refractivity contribution is 6.15. The number of esters is 1. The van der Waals surface area contributed by atoms with Crippen LogP contribution in [0.5, 0.6) is 5.75 Å². The largest absolute Gasteiger partial charge is 0.496 e. The van der Waals surface area contributed by atoms with Crippen LogP contribution in [0.25, 0.3) is 0 Å². The molecular formula is C23H24N2O5. The predicted molar refractivity (Wildman–Crippen MR) is 110 cm³/mol. The Labute approximate surface area is 175 Å². The van der Waals surface area contributed by atoms with E-state index in [9.17, 15) is 14.4 Å². The van der Waals surface area contributed by atoms with E-state index in [1.807, 2.05) is 32.0 Å². The van der Waals surface area contributed by atoms with Gasteiger partial charge < -0.3 is 14.4 Å². The Balaban J connectivity index is 1.76. The average Bonchev–Trinajstić information content (AvgIpc) is 3.10. The monoisotopic (exact) mass is 408 g/mol. The Morgan fingerprint density at radius 2 is 1.80 bits per heavy atom. The number of rotatable bonds is 5. The fourth-order valence-corrected chi connectivity index (χ4v) is 4.45. The summed E-state index contributed by atoms with van der Waals surface area (Å²) in [7, 11) is 1.55. The molecule has 7 heteroatoms. The van der Waals surface area contributed by atoms with Crippen LogP contribution in [0.15, 0.2) is 48.5 Å². The van der Waals surface area contributed by atoms with Crippen molar-refractivity contribution >= 4 is 23.5 Å². The highest BCUT2D eigenvalue weighted by atomic mass is 16.5. The fraction of sp³-hybridized carbons (Fsp3) is 0.348. The quantitative estimate of drug-likeness (QED) is 0.711. The first-order valence-corrected chi connectivity index (χ1v) is 9.96. The summed E-state index contributed by atoms with van der Waals surface area (Å²) in [5.41, 5.74) is 0.0867. The van der Waals surface area contributed by atoms with E-state index in [-0.39, 0.29) is 37.3 Å². The Kier molecular flexibility index (Phi) is 4.97. The zero-order valence-corrected chi connectivity index (χ0v) is 17.3. The van der Waals surface area contributed by atoms with E-state index in [0.29, 0.717) is 22.6 Å². The molecule has 156 valence electrons. The van der Waals surface area contributed by atoms with Crippen molar-refractivity contribution in [3.63, 3.8) is 0 Å². The number of carbonyl (C=O) groups excluding carboxylic acids is 3. The number of hydrogen-bond acceptors (Lipinski definition) is 5. The molecule has 7 nitrogen and oxygen atoms in total. The number of benzene rings is 2. The van der Waals surface area contributed by atoms with Crippen molar-refractivity contribution in [1.82, 2.24) is 4.90 Å². The molecule has 0 bridgehead atoms. The third kappa shape index (κ3) is 2.84. The molecule has 2 amide bonds. The van der Waals surface area contributed by atoms with E-state index in [4.69, 9.17) is 9.47 Å². The molecule has 2 aromatic carbocycles. The summed E-state index contributed by atoms with van der Waals surface area (Å²) >= 11 is 0. The SMILES string of the molecule is COc1ccccc1COC(=O)[C@]12CCC(=O)N1c1ccccc1C(=O)N2C(C)C. The van der Waals surface area contributed by atoms with E-state index in [2.05, 4.69) is 0 Å². The van der Waals surface area contributed by atoms with Crippen molar-refractivity contribution < 1.29 is 23.9 Å². The smallest absolute Gasteiger partial charge is 0.354 e. The molecule has 0 saturated carbocycles. The predicted octanol–water partition coefficient (Wildman–Crippen LogP) is 3.13. The summed E-state index contributed by atoms with van der Waals surface area (Å²) in [5, 5.41) is 0. The molecule has 0 aromatic heterocycles. The normalized spacial score (nSPS) is 20.3. The van der Waals surface area contributed by atoms with Crippen LogP contribution in [0.2, 0.25) is 0 Å². The van der Waals surface area contributed by atoms with Crippen LogP contribution in [0.1, 0.15) is 42.6 Å². The average molecular weight is 408 g/mol. The lowest BCUT2D eigenvalue weighted by Gasteiger charge is -2.50. The van der Waals surface area contributed by atoms with Crippen LogP contribution in [-0.4, -0.2) is 41.5 Å². The van der Waals surface area contributed by atoms with Gasteiger partial charge in [-0.15, -0.1) is 0 Å². The van der Waals surface area contributed by atoms with E-state index < -0.39 is 11.6 Å². The van der Waals surface area contributed by atoms with E-state index in [0.717, 1.165) is 0 Å². The minimum atomic E-state index is -1.49. The van der Waals surface area contributed by atoms with Crippen LogP contribution in [-0.2, 0) is 20.9 Å². The van der Waals surface area contributed by atoms with Gasteiger partial charge in [-0.05, 0) is 32.0 Å². The Bertz CT molecular complexity index is 1020. The Morgan fingerprint density at radius 1 is 1.10 bits per heavy atom. The van der Waals surface area contributed by atoms with Crippen molar-refractivity contribution in [3.05, 3.63) is 59.7 Å². The third-order valence-corrected chi connectivity index (χ3v) is 5.69. The maximum absolute atomic E-state index is 13.5. The molecule has 0 aliphatic carbocycles. The second kappa shape index (κ2) is 7.48. The van der Waals surface area contributed by atoms with Gasteiger partial charge in [0, 0.05) is 24.4 Å². The molecule has 1 saturated heterocycles. The van der Waals surface area contributed by atoms with Gasteiger partial charge in [-0.2, -0.15) is 0 Å². The molecule has 0 radical (unpaired) electrons. The first-order chi connectivity index (χ1) is 14.4. The van der Waals surface area contributed by atoms with Crippen molar-refractivity contribution in [2.45, 2.75) is 45.0 Å². The topological polar surface area (TPSA) is 76.1 Å². The molecule has 2 heterocycles. The summed E-state index contributed by atoms with van der Waals surface area (Å²) in [4.78, 5) is 42.7. The number of amides is 2. The molecule has 2 aliphatic heterocycles. The molecule has 0 spiro atoms. The van der Waals surface area contributed by atoms with Crippen LogP contribution in [0.4, 0.5) is 5.69 Å². The highest BCUT2D eigenvalue weighted by Gasteiger charge is 2.62. The first-order valence-electron chi connectivity index (χ1n) is 9.96. The number of fused-ring (bicyclic) bond motifs is 3. The molecule has 0 unspecified atom stereocenters. The van der Waals surface area contributed by atoms with Crippen LogP contribution < -0.4 is 9.64 Å². The van der Waals surface area contributed by atoms with E-state index in [1.165, 1.54) is 9.80 Å². The maximum Gasteiger partial charge on any atom is 0.354 e. The van der Waals surface area contributed by atoms with Crippen LogP contribution in [0, 0.1) is 0 Å². The highest BCUT2D eigenvalue weighted by Crippen LogP contribution is 2.46. The van der Waals surface area contributed by atoms with Gasteiger partial charge in [-0.1, -0.05) is 30.3 Å². The van der Waals surface area contributed by atoms with Gasteiger partial charge in [0.25, 0.3) is 5.91 Å². The van der Waals surface area contributed by atoms with Crippen molar-refractivity contribution in [1.29, 1.82) is 0 Å². The second-order valence-corrected chi connectivity index (χ2v) is 7.72. The van der Waals surface area contributed by atoms with E-state index in [1.54, 1.807) is 37.4 Å². The molecule has 4 rings (SSSR count). The molecule has 30 heavy (non-hydrogen) atoms. The van der Waals surface area contributed by atoms with Gasteiger partial charge in [-0.3, -0.25) is 14.5 Å². The van der Waals surface area contributed by atoms with Crippen molar-refractivity contribution in [2.75, 3.05) is 12.0 Å². The number of anilines is 1. The fourth-order valence-electron chi connectivity index (χ4n) is 4.45. The minimum Gasteiger partial charge on any atom is -0.496 e. The van der Waals surface area contributed by atoms with Gasteiger partial charge in [0.05, 0.1) is 18.4 Å². The van der Waals surface area contributed by atoms with Crippen molar-refractivity contribution in [3.8, 4) is 5.75 Å². The summed E-state index contributed by atoms with van der Waals surface area (Å²) < 4.78 is 11.0. The minimum absolute atomic E-state index is 0.0194. The number of carbonyl (C=O) groups is 3. The maximum atomic E-state index is 13.5. The lowest BCUT2D eigenvalue weighted by atomic mass is 9.95. The van der Waals surface area contributed by atoms with Gasteiger partial charge in [0.2, 0.25) is 11.6 Å². The van der Waals surface area contributed by atoms with Gasteiger partial charge >= 0.3 is 5.97 Å². The zero-order valence-electron chi connectivity index (χ0n) is 17.3. The van der Waals surface area contributed by atoms with Crippen LogP contribution >= 0.6 is 0 Å². The van der Waals surface area contributed by atoms with Gasteiger partial charge in [0.15, 0.2) is 0 Å². The summed E-state index contributed by atoms with van der Waals surface area (Å²) in [6.45, 7) is 3.65. The molecule has 1 atom stereocenters. The summed E-state index contributed by atoms with van der Waals surface area (Å²) in [5.74, 6) is -0.487. The van der Waals surface area contributed by atoms with E-state index >= 15 is 0 Å². The van der Waals surface area contributed by atoms with Crippen molar-refractivity contribution in [2.24, 2.45) is 0 Å². The summed E-state index contributed by atoms with van der Waals surface area (Å²) in [6.07, 6.45) is 0.351. The number of nitrogens with zero attached hydrogens (tertiary/aromatic N) is 2. The molecule has 1 fully saturated rings. The molecular weight excluding hydrogens is 384 g/mol. The van der Waals surface area contributed by atoms with Gasteiger partial charge in [-0.25, -0.2) is 4.79 Å². The molecule has 0 N–H and O–H groups in total. The third-order valence-electron chi connectivity index (χ3n) is 5.69. The number of para-hydroxylation sites is 2. The Morgan fingerprint density at radius 3 is 2.53 bits per heavy atom. The first kappa shape index (κ1) is 19.9. The van der Waals surface area contributed by atoms with Crippen LogP contribution in [0.3, 0.4) is 0 Å². The number of hydrogen-bond donors (Lipinski definition) is 0.